The first-order valence-corrected chi connectivity index (χ1v) is 8.37. The fraction of sp³-hybridized carbons (Fsp3) is 0.263. The summed E-state index contributed by atoms with van der Waals surface area (Å²) in [5.41, 5.74) is 2.11. The highest BCUT2D eigenvalue weighted by Gasteiger charge is 2.33. The fourth-order valence-electron chi connectivity index (χ4n) is 2.72. The quantitative estimate of drug-likeness (QED) is 0.820. The third kappa shape index (κ3) is 4.24. The number of rotatable bonds is 5. The van der Waals surface area contributed by atoms with E-state index in [1.54, 1.807) is 24.4 Å². The molecule has 2 heterocycles. The molecule has 1 saturated heterocycles. The van der Waals surface area contributed by atoms with Gasteiger partial charge in [0.05, 0.1) is 0 Å². The zero-order valence-electron chi connectivity index (χ0n) is 14.5. The molecule has 1 aromatic carbocycles. The van der Waals surface area contributed by atoms with Crippen molar-refractivity contribution in [1.29, 1.82) is 0 Å². The maximum absolute atomic E-state index is 12.3. The largest absolute Gasteiger partial charge is 0.328 e. The molecule has 1 aromatic heterocycles. The second kappa shape index (κ2) is 7.77. The topological polar surface area (TPSA) is 82.6 Å². The van der Waals surface area contributed by atoms with Crippen LogP contribution in [-0.4, -0.2) is 52.1 Å². The van der Waals surface area contributed by atoms with Gasteiger partial charge in [-0.2, -0.15) is 0 Å². The third-order valence-electron chi connectivity index (χ3n) is 4.16. The Bertz CT molecular complexity index is 805. The van der Waals surface area contributed by atoms with Crippen LogP contribution in [0.25, 0.3) is 0 Å². The van der Waals surface area contributed by atoms with Crippen LogP contribution in [0.5, 0.6) is 0 Å². The first kappa shape index (κ1) is 17.6. The summed E-state index contributed by atoms with van der Waals surface area (Å²) in [5.74, 6) is -1.20. The highest BCUT2D eigenvalue weighted by molar-refractivity contribution is 6.35. The van der Waals surface area contributed by atoms with Crippen LogP contribution in [-0.2, 0) is 20.9 Å². The molecule has 7 nitrogen and oxygen atoms in total. The minimum atomic E-state index is -0.653. The Hall–Kier alpha value is -3.22. The van der Waals surface area contributed by atoms with Crippen molar-refractivity contribution in [2.75, 3.05) is 25.0 Å². The molecular weight excluding hydrogens is 332 g/mol. The maximum atomic E-state index is 12.3. The van der Waals surface area contributed by atoms with Gasteiger partial charge in [0.1, 0.15) is 12.4 Å². The van der Waals surface area contributed by atoms with Gasteiger partial charge in [0.15, 0.2) is 0 Å². The van der Waals surface area contributed by atoms with Gasteiger partial charge in [0, 0.05) is 25.8 Å². The lowest BCUT2D eigenvalue weighted by Crippen LogP contribution is -2.55. The van der Waals surface area contributed by atoms with E-state index in [2.05, 4.69) is 10.3 Å². The van der Waals surface area contributed by atoms with Crippen LogP contribution in [0.15, 0.2) is 48.7 Å². The van der Waals surface area contributed by atoms with Gasteiger partial charge in [-0.1, -0.05) is 35.9 Å². The Morgan fingerprint density at radius 1 is 1.04 bits per heavy atom. The number of amides is 3. The fourth-order valence-corrected chi connectivity index (χ4v) is 2.72. The number of nitrogens with one attached hydrogen (secondary N) is 1. The van der Waals surface area contributed by atoms with E-state index in [9.17, 15) is 14.4 Å². The summed E-state index contributed by atoms with van der Waals surface area (Å²) < 4.78 is 0. The summed E-state index contributed by atoms with van der Waals surface area (Å²) in [7, 11) is 0. The maximum Gasteiger partial charge on any atom is 0.312 e. The normalized spacial score (nSPS) is 14.5. The number of carbonyl (C=O) groups is 3. The van der Waals surface area contributed by atoms with Crippen LogP contribution in [0.3, 0.4) is 0 Å². The molecule has 2 aromatic rings. The highest BCUT2D eigenvalue weighted by atomic mass is 16.2. The SMILES string of the molecule is Cc1ccc(CN2CCN(CC(=O)Nc3ccccn3)C(=O)C2=O)cc1. The van der Waals surface area contributed by atoms with Crippen LogP contribution in [0.4, 0.5) is 5.82 Å². The molecule has 0 spiro atoms. The molecule has 1 aliphatic rings. The summed E-state index contributed by atoms with van der Waals surface area (Å²) in [6.45, 7) is 2.94. The zero-order valence-corrected chi connectivity index (χ0v) is 14.5. The predicted molar refractivity (Wildman–Crippen MR) is 96.0 cm³/mol. The second-order valence-corrected chi connectivity index (χ2v) is 6.20. The molecule has 7 heteroatoms. The standard InChI is InChI=1S/C19H20N4O3/c1-14-5-7-15(8-6-14)12-22-10-11-23(19(26)18(22)25)13-17(24)21-16-4-2-3-9-20-16/h2-9H,10-13H2,1H3,(H,20,21,24). The van der Waals surface area contributed by atoms with Crippen molar-refractivity contribution in [2.24, 2.45) is 0 Å². The summed E-state index contributed by atoms with van der Waals surface area (Å²) in [6, 6.07) is 13.0. The van der Waals surface area contributed by atoms with Gasteiger partial charge >= 0.3 is 11.8 Å². The lowest BCUT2D eigenvalue weighted by atomic mass is 10.1. The van der Waals surface area contributed by atoms with Crippen molar-refractivity contribution < 1.29 is 14.4 Å². The molecule has 0 bridgehead atoms. The first-order valence-electron chi connectivity index (χ1n) is 8.37. The predicted octanol–water partition coefficient (Wildman–Crippen LogP) is 1.20. The molecule has 134 valence electrons. The van der Waals surface area contributed by atoms with Crippen molar-refractivity contribution >= 4 is 23.5 Å². The third-order valence-corrected chi connectivity index (χ3v) is 4.16. The van der Waals surface area contributed by atoms with Crippen molar-refractivity contribution in [2.45, 2.75) is 13.5 Å². The van der Waals surface area contributed by atoms with E-state index in [1.807, 2.05) is 31.2 Å². The van der Waals surface area contributed by atoms with Crippen LogP contribution < -0.4 is 5.32 Å². The van der Waals surface area contributed by atoms with Crippen molar-refractivity contribution in [1.82, 2.24) is 14.8 Å². The van der Waals surface area contributed by atoms with Crippen LogP contribution in [0.1, 0.15) is 11.1 Å². The Morgan fingerprint density at radius 2 is 1.73 bits per heavy atom. The summed E-state index contributed by atoms with van der Waals surface area (Å²) >= 11 is 0. The van der Waals surface area contributed by atoms with E-state index in [-0.39, 0.29) is 12.5 Å². The van der Waals surface area contributed by atoms with Crippen LogP contribution in [0, 0.1) is 6.92 Å². The lowest BCUT2D eigenvalue weighted by molar-refractivity contribution is -0.157. The van der Waals surface area contributed by atoms with Crippen molar-refractivity contribution in [3.63, 3.8) is 0 Å². The van der Waals surface area contributed by atoms with Gasteiger partial charge < -0.3 is 15.1 Å². The van der Waals surface area contributed by atoms with E-state index >= 15 is 0 Å². The number of benzene rings is 1. The summed E-state index contributed by atoms with van der Waals surface area (Å²) in [6.07, 6.45) is 1.56. The molecule has 0 atom stereocenters. The van der Waals surface area contributed by atoms with Crippen molar-refractivity contribution in [3.05, 3.63) is 59.8 Å². The molecule has 0 unspecified atom stereocenters. The minimum absolute atomic E-state index is 0.167. The van der Waals surface area contributed by atoms with Crippen LogP contribution >= 0.6 is 0 Å². The molecule has 3 amide bonds. The number of piperazine rings is 1. The van der Waals surface area contributed by atoms with Crippen molar-refractivity contribution in [3.8, 4) is 0 Å². The Labute approximate surface area is 151 Å². The molecule has 26 heavy (non-hydrogen) atoms. The molecular formula is C19H20N4O3. The number of hydrogen-bond acceptors (Lipinski definition) is 4. The number of anilines is 1. The zero-order chi connectivity index (χ0) is 18.5. The molecule has 1 fully saturated rings. The molecule has 0 aliphatic carbocycles. The Morgan fingerprint density at radius 3 is 2.42 bits per heavy atom. The van der Waals surface area contributed by atoms with Gasteiger partial charge in [0.25, 0.3) is 0 Å². The number of aromatic nitrogens is 1. The van der Waals surface area contributed by atoms with Gasteiger partial charge in [-0.05, 0) is 24.6 Å². The van der Waals surface area contributed by atoms with Crippen LogP contribution in [0.2, 0.25) is 0 Å². The second-order valence-electron chi connectivity index (χ2n) is 6.20. The molecule has 1 N–H and O–H groups in total. The molecule has 1 aliphatic heterocycles. The molecule has 3 rings (SSSR count). The van der Waals surface area contributed by atoms with Gasteiger partial charge in [0.2, 0.25) is 5.91 Å². The number of pyridine rings is 1. The van der Waals surface area contributed by atoms with E-state index in [4.69, 9.17) is 0 Å². The Kier molecular flexibility index (Phi) is 5.26. The van der Waals surface area contributed by atoms with Gasteiger partial charge in [-0.15, -0.1) is 0 Å². The van der Waals surface area contributed by atoms with E-state index in [0.29, 0.717) is 25.5 Å². The lowest BCUT2D eigenvalue weighted by Gasteiger charge is -2.33. The number of aryl methyl sites for hydroxylation is 1. The molecule has 0 radical (unpaired) electrons. The van der Waals surface area contributed by atoms with E-state index in [0.717, 1.165) is 11.1 Å². The monoisotopic (exact) mass is 352 g/mol. The van der Waals surface area contributed by atoms with Gasteiger partial charge in [-0.3, -0.25) is 14.4 Å². The van der Waals surface area contributed by atoms with Gasteiger partial charge in [-0.25, -0.2) is 4.98 Å². The minimum Gasteiger partial charge on any atom is -0.328 e. The summed E-state index contributed by atoms with van der Waals surface area (Å²) in [4.78, 5) is 43.5. The number of nitrogens with zero attached hydrogens (tertiary/aromatic N) is 3. The number of hydrogen-bond donors (Lipinski definition) is 1. The molecule has 0 saturated carbocycles. The first-order chi connectivity index (χ1) is 12.5. The average molecular weight is 352 g/mol. The smallest absolute Gasteiger partial charge is 0.312 e. The van der Waals surface area contributed by atoms with E-state index in [1.165, 1.54) is 9.80 Å². The number of carbonyl (C=O) groups excluding carboxylic acids is 3. The van der Waals surface area contributed by atoms with E-state index < -0.39 is 11.8 Å². The Balaban J connectivity index is 1.56. The average Bonchev–Trinajstić information content (AvgIpc) is 2.64. The summed E-state index contributed by atoms with van der Waals surface area (Å²) in [5, 5.41) is 2.61. The highest BCUT2D eigenvalue weighted by Crippen LogP contribution is 2.12.